The first-order valence-corrected chi connectivity index (χ1v) is 8.05. The zero-order valence-electron chi connectivity index (χ0n) is 12.1. The summed E-state index contributed by atoms with van der Waals surface area (Å²) in [5.74, 6) is 2.97. The molecule has 4 rings (SSSR count). The van der Waals surface area contributed by atoms with Crippen LogP contribution < -0.4 is 5.32 Å². The second-order valence-corrected chi connectivity index (χ2v) is 7.15. The highest BCUT2D eigenvalue weighted by atomic mass is 16.5. The lowest BCUT2D eigenvalue weighted by Gasteiger charge is -2.57. The molecule has 1 N–H and O–H groups in total. The summed E-state index contributed by atoms with van der Waals surface area (Å²) in [6.07, 6.45) is 9.33. The van der Waals surface area contributed by atoms with E-state index in [4.69, 9.17) is 4.74 Å². The highest BCUT2D eigenvalue weighted by Crippen LogP contribution is 2.59. The Kier molecular flexibility index (Phi) is 3.84. The minimum atomic E-state index is -0.0690. The molecule has 0 unspecified atom stereocenters. The molecule has 108 valence electrons. The van der Waals surface area contributed by atoms with Gasteiger partial charge < -0.3 is 10.1 Å². The van der Waals surface area contributed by atoms with Crippen LogP contribution in [-0.4, -0.2) is 25.7 Å². The van der Waals surface area contributed by atoms with Crippen LogP contribution in [0.5, 0.6) is 0 Å². The number of ether oxygens (including phenoxy) is 1. The first-order valence-electron chi connectivity index (χ1n) is 8.05. The maximum Gasteiger partial charge on any atom is 0.307 e. The third-order valence-electron chi connectivity index (χ3n) is 5.48. The van der Waals surface area contributed by atoms with Crippen LogP contribution in [-0.2, 0) is 9.53 Å². The lowest BCUT2D eigenvalue weighted by atomic mass is 9.49. The Morgan fingerprint density at radius 1 is 1.16 bits per heavy atom. The van der Waals surface area contributed by atoms with E-state index in [1.807, 2.05) is 6.92 Å². The summed E-state index contributed by atoms with van der Waals surface area (Å²) in [5, 5.41) is 3.53. The monoisotopic (exact) mass is 265 g/mol. The standard InChI is InChI=1S/C16H27NO2/c1-2-19-15(18)3-4-17-11-16-8-12-5-13(9-16)7-14(6-12)10-16/h12-14,17H,2-11H2,1H3. The van der Waals surface area contributed by atoms with Crippen molar-refractivity contribution >= 4 is 5.97 Å². The average Bonchev–Trinajstić information content (AvgIpc) is 2.33. The van der Waals surface area contributed by atoms with Crippen LogP contribution in [0.1, 0.15) is 51.9 Å². The van der Waals surface area contributed by atoms with Gasteiger partial charge in [-0.15, -0.1) is 0 Å². The highest BCUT2D eigenvalue weighted by molar-refractivity contribution is 5.69. The van der Waals surface area contributed by atoms with Gasteiger partial charge in [-0.05, 0) is 68.6 Å². The first-order chi connectivity index (χ1) is 9.19. The van der Waals surface area contributed by atoms with Crippen LogP contribution >= 0.6 is 0 Å². The Morgan fingerprint density at radius 2 is 1.74 bits per heavy atom. The predicted octanol–water partition coefficient (Wildman–Crippen LogP) is 2.75. The number of hydrogen-bond acceptors (Lipinski definition) is 3. The minimum Gasteiger partial charge on any atom is -0.466 e. The summed E-state index contributed by atoms with van der Waals surface area (Å²) in [4.78, 5) is 11.3. The SMILES string of the molecule is CCOC(=O)CCNCC12CC3CC(CC(C3)C1)C2. The fraction of sp³-hybridized carbons (Fsp3) is 0.938. The molecular weight excluding hydrogens is 238 g/mol. The fourth-order valence-corrected chi connectivity index (χ4v) is 5.28. The maximum atomic E-state index is 11.3. The number of nitrogens with one attached hydrogen (secondary N) is 1. The van der Waals surface area contributed by atoms with Gasteiger partial charge >= 0.3 is 5.97 Å². The van der Waals surface area contributed by atoms with Crippen LogP contribution in [0, 0.1) is 23.2 Å². The Hall–Kier alpha value is -0.570. The van der Waals surface area contributed by atoms with E-state index < -0.39 is 0 Å². The second kappa shape index (κ2) is 5.43. The molecule has 3 heteroatoms. The van der Waals surface area contributed by atoms with Crippen LogP contribution in [0.2, 0.25) is 0 Å². The number of carbonyl (C=O) groups is 1. The van der Waals surface area contributed by atoms with Crippen molar-refractivity contribution in [3.63, 3.8) is 0 Å². The summed E-state index contributed by atoms with van der Waals surface area (Å²) in [5.41, 5.74) is 0.573. The van der Waals surface area contributed by atoms with E-state index >= 15 is 0 Å². The maximum absolute atomic E-state index is 11.3. The van der Waals surface area contributed by atoms with E-state index in [-0.39, 0.29) is 5.97 Å². The number of carbonyl (C=O) groups excluding carboxylic acids is 1. The Balaban J connectivity index is 1.44. The predicted molar refractivity (Wildman–Crippen MR) is 74.7 cm³/mol. The third-order valence-corrected chi connectivity index (χ3v) is 5.48. The van der Waals surface area contributed by atoms with Crippen molar-refractivity contribution in [3.05, 3.63) is 0 Å². The Morgan fingerprint density at radius 3 is 2.26 bits per heavy atom. The summed E-state index contributed by atoms with van der Waals surface area (Å²) in [7, 11) is 0. The molecular formula is C16H27NO2. The normalized spacial score (nSPS) is 39.5. The molecule has 19 heavy (non-hydrogen) atoms. The van der Waals surface area contributed by atoms with E-state index in [0.29, 0.717) is 18.4 Å². The molecule has 3 nitrogen and oxygen atoms in total. The first kappa shape index (κ1) is 13.4. The number of rotatable bonds is 6. The molecule has 4 aliphatic carbocycles. The molecule has 0 spiro atoms. The summed E-state index contributed by atoms with van der Waals surface area (Å²) in [6, 6.07) is 0. The van der Waals surface area contributed by atoms with Gasteiger partial charge in [0.2, 0.25) is 0 Å². The van der Waals surface area contributed by atoms with Gasteiger partial charge in [0.15, 0.2) is 0 Å². The summed E-state index contributed by atoms with van der Waals surface area (Å²) in [6.45, 7) is 4.26. The zero-order chi connectivity index (χ0) is 13.3. The number of hydrogen-bond donors (Lipinski definition) is 1. The van der Waals surface area contributed by atoms with Crippen molar-refractivity contribution in [3.8, 4) is 0 Å². The van der Waals surface area contributed by atoms with Crippen molar-refractivity contribution in [2.75, 3.05) is 19.7 Å². The summed E-state index contributed by atoms with van der Waals surface area (Å²) >= 11 is 0. The van der Waals surface area contributed by atoms with Gasteiger partial charge in [0.1, 0.15) is 0 Å². The molecule has 4 bridgehead atoms. The van der Waals surface area contributed by atoms with Gasteiger partial charge in [-0.2, -0.15) is 0 Å². The highest BCUT2D eigenvalue weighted by Gasteiger charge is 2.50. The molecule has 0 aliphatic heterocycles. The average molecular weight is 265 g/mol. The van der Waals surface area contributed by atoms with Gasteiger partial charge in [0.05, 0.1) is 13.0 Å². The second-order valence-electron chi connectivity index (χ2n) is 7.15. The van der Waals surface area contributed by atoms with E-state index in [9.17, 15) is 4.79 Å². The molecule has 0 radical (unpaired) electrons. The Labute approximate surface area is 116 Å². The van der Waals surface area contributed by atoms with Gasteiger partial charge in [0, 0.05) is 13.1 Å². The van der Waals surface area contributed by atoms with Gasteiger partial charge in [0.25, 0.3) is 0 Å². The fourth-order valence-electron chi connectivity index (χ4n) is 5.28. The van der Waals surface area contributed by atoms with Crippen LogP contribution in [0.4, 0.5) is 0 Å². The van der Waals surface area contributed by atoms with E-state index in [1.54, 1.807) is 0 Å². The number of esters is 1. The molecule has 0 aromatic rings. The Bertz CT molecular complexity index is 304. The molecule has 4 saturated carbocycles. The van der Waals surface area contributed by atoms with Crippen molar-refractivity contribution in [1.29, 1.82) is 0 Å². The van der Waals surface area contributed by atoms with Gasteiger partial charge in [-0.1, -0.05) is 0 Å². The van der Waals surface area contributed by atoms with Gasteiger partial charge in [-0.3, -0.25) is 4.79 Å². The van der Waals surface area contributed by atoms with Crippen LogP contribution in [0.3, 0.4) is 0 Å². The van der Waals surface area contributed by atoms with Crippen LogP contribution in [0.15, 0.2) is 0 Å². The van der Waals surface area contributed by atoms with Crippen molar-refractivity contribution in [1.82, 2.24) is 5.32 Å². The lowest BCUT2D eigenvalue weighted by Crippen LogP contribution is -2.50. The molecule has 0 saturated heterocycles. The smallest absolute Gasteiger partial charge is 0.307 e. The molecule has 0 aromatic carbocycles. The quantitative estimate of drug-likeness (QED) is 0.593. The lowest BCUT2D eigenvalue weighted by molar-refractivity contribution is -0.143. The van der Waals surface area contributed by atoms with Crippen molar-refractivity contribution in [2.45, 2.75) is 51.9 Å². The summed E-state index contributed by atoms with van der Waals surface area (Å²) < 4.78 is 4.96. The molecule has 0 atom stereocenters. The van der Waals surface area contributed by atoms with Gasteiger partial charge in [-0.25, -0.2) is 0 Å². The largest absolute Gasteiger partial charge is 0.466 e. The van der Waals surface area contributed by atoms with E-state index in [1.165, 1.54) is 38.5 Å². The topological polar surface area (TPSA) is 38.3 Å². The third kappa shape index (κ3) is 2.96. The molecule has 0 amide bonds. The van der Waals surface area contributed by atoms with E-state index in [0.717, 1.165) is 30.8 Å². The molecule has 4 fully saturated rings. The van der Waals surface area contributed by atoms with Crippen LogP contribution in [0.25, 0.3) is 0 Å². The van der Waals surface area contributed by atoms with E-state index in [2.05, 4.69) is 5.32 Å². The molecule has 4 aliphatic rings. The van der Waals surface area contributed by atoms with Crippen molar-refractivity contribution < 1.29 is 9.53 Å². The molecule has 0 aromatic heterocycles. The zero-order valence-corrected chi connectivity index (χ0v) is 12.1. The molecule has 0 heterocycles. The minimum absolute atomic E-state index is 0.0690. The van der Waals surface area contributed by atoms with Crippen molar-refractivity contribution in [2.24, 2.45) is 23.2 Å².